The van der Waals surface area contributed by atoms with Gasteiger partial charge in [0.1, 0.15) is 11.9 Å². The number of morpholine rings is 1. The van der Waals surface area contributed by atoms with Crippen molar-refractivity contribution in [2.75, 3.05) is 13.1 Å². The first kappa shape index (κ1) is 17.6. The average molecular weight is 343 g/mol. The molecule has 0 spiro atoms. The van der Waals surface area contributed by atoms with E-state index in [1.54, 1.807) is 29.2 Å². The molecule has 2 aromatic carbocycles. The first-order valence-electron chi connectivity index (χ1n) is 8.44. The molecular weight excluding hydrogens is 321 g/mol. The van der Waals surface area contributed by atoms with Crippen molar-refractivity contribution in [2.45, 2.75) is 31.7 Å². The Morgan fingerprint density at radius 2 is 1.88 bits per heavy atom. The van der Waals surface area contributed by atoms with Gasteiger partial charge in [0, 0.05) is 6.54 Å². The fourth-order valence-corrected chi connectivity index (χ4v) is 3.10. The SMILES string of the molecule is CC1CN(C(=O)CC(O)c2ccccc2)CC(c2ccc(F)cc2)O1. The summed E-state index contributed by atoms with van der Waals surface area (Å²) in [5.74, 6) is -0.412. The van der Waals surface area contributed by atoms with Crippen LogP contribution in [0.1, 0.15) is 36.7 Å². The van der Waals surface area contributed by atoms with Gasteiger partial charge in [-0.05, 0) is 30.2 Å². The van der Waals surface area contributed by atoms with E-state index < -0.39 is 6.10 Å². The second kappa shape index (κ2) is 7.76. The average Bonchev–Trinajstić information content (AvgIpc) is 2.62. The third kappa shape index (κ3) is 4.44. The first-order chi connectivity index (χ1) is 12.0. The van der Waals surface area contributed by atoms with Crippen LogP contribution >= 0.6 is 0 Å². The standard InChI is InChI=1S/C20H22FNO3/c1-14-12-22(13-19(25-14)16-7-9-17(21)10-8-16)20(24)11-18(23)15-5-3-2-4-6-15/h2-10,14,18-19,23H,11-13H2,1H3. The Kier molecular flexibility index (Phi) is 5.46. The third-order valence-corrected chi connectivity index (χ3v) is 4.41. The lowest BCUT2D eigenvalue weighted by Gasteiger charge is -2.37. The van der Waals surface area contributed by atoms with Crippen LogP contribution in [0, 0.1) is 5.82 Å². The van der Waals surface area contributed by atoms with Crippen molar-refractivity contribution in [1.29, 1.82) is 0 Å². The van der Waals surface area contributed by atoms with Crippen LogP contribution in [0.25, 0.3) is 0 Å². The Morgan fingerprint density at radius 3 is 2.56 bits per heavy atom. The Balaban J connectivity index is 1.66. The van der Waals surface area contributed by atoms with Gasteiger partial charge < -0.3 is 14.7 Å². The number of carbonyl (C=O) groups is 1. The number of rotatable bonds is 4. The lowest BCUT2D eigenvalue weighted by molar-refractivity contribution is -0.146. The zero-order valence-electron chi connectivity index (χ0n) is 14.1. The second-order valence-corrected chi connectivity index (χ2v) is 6.42. The maximum Gasteiger partial charge on any atom is 0.225 e. The van der Waals surface area contributed by atoms with Gasteiger partial charge in [-0.3, -0.25) is 4.79 Å². The van der Waals surface area contributed by atoms with Crippen LogP contribution in [0.3, 0.4) is 0 Å². The van der Waals surface area contributed by atoms with Crippen LogP contribution in [-0.4, -0.2) is 35.1 Å². The Labute approximate surface area is 146 Å². The van der Waals surface area contributed by atoms with Gasteiger partial charge in [-0.2, -0.15) is 0 Å². The van der Waals surface area contributed by atoms with E-state index in [2.05, 4.69) is 0 Å². The van der Waals surface area contributed by atoms with E-state index in [4.69, 9.17) is 4.74 Å². The lowest BCUT2D eigenvalue weighted by Crippen LogP contribution is -2.46. The summed E-state index contributed by atoms with van der Waals surface area (Å²) < 4.78 is 19.0. The molecule has 1 aliphatic rings. The monoisotopic (exact) mass is 343 g/mol. The van der Waals surface area contributed by atoms with Gasteiger partial charge in [0.15, 0.2) is 0 Å². The van der Waals surface area contributed by atoms with Crippen LogP contribution in [0.5, 0.6) is 0 Å². The van der Waals surface area contributed by atoms with Crippen LogP contribution in [0.2, 0.25) is 0 Å². The number of halogens is 1. The van der Waals surface area contributed by atoms with Crippen molar-refractivity contribution in [3.8, 4) is 0 Å². The molecule has 1 amide bonds. The number of ether oxygens (including phenoxy) is 1. The van der Waals surface area contributed by atoms with Gasteiger partial charge in [0.25, 0.3) is 0 Å². The molecule has 0 aromatic heterocycles. The highest BCUT2D eigenvalue weighted by atomic mass is 19.1. The predicted molar refractivity (Wildman–Crippen MR) is 92.3 cm³/mol. The molecule has 1 N–H and O–H groups in total. The third-order valence-electron chi connectivity index (χ3n) is 4.41. The Morgan fingerprint density at radius 1 is 1.20 bits per heavy atom. The number of hydrogen-bond acceptors (Lipinski definition) is 3. The number of nitrogens with zero attached hydrogens (tertiary/aromatic N) is 1. The van der Waals surface area contributed by atoms with E-state index in [0.717, 1.165) is 11.1 Å². The van der Waals surface area contributed by atoms with Crippen molar-refractivity contribution in [3.05, 3.63) is 71.5 Å². The molecular formula is C20H22FNO3. The fourth-order valence-electron chi connectivity index (χ4n) is 3.10. The molecule has 4 nitrogen and oxygen atoms in total. The summed E-state index contributed by atoms with van der Waals surface area (Å²) in [6, 6.07) is 15.3. The van der Waals surface area contributed by atoms with Crippen LogP contribution < -0.4 is 0 Å². The minimum Gasteiger partial charge on any atom is -0.388 e. The number of carbonyl (C=O) groups excluding carboxylic acids is 1. The molecule has 3 unspecified atom stereocenters. The van der Waals surface area contributed by atoms with E-state index >= 15 is 0 Å². The molecule has 2 aromatic rings. The van der Waals surface area contributed by atoms with Crippen molar-refractivity contribution in [3.63, 3.8) is 0 Å². The minimum absolute atomic E-state index is 0.0346. The molecule has 1 heterocycles. The van der Waals surface area contributed by atoms with Crippen LogP contribution in [-0.2, 0) is 9.53 Å². The Bertz CT molecular complexity index is 705. The molecule has 1 aliphatic heterocycles. The second-order valence-electron chi connectivity index (χ2n) is 6.42. The largest absolute Gasteiger partial charge is 0.388 e. The molecule has 132 valence electrons. The molecule has 25 heavy (non-hydrogen) atoms. The summed E-state index contributed by atoms with van der Waals surface area (Å²) in [7, 11) is 0. The maximum atomic E-state index is 13.1. The van der Waals surface area contributed by atoms with Crippen LogP contribution in [0.4, 0.5) is 4.39 Å². The van der Waals surface area contributed by atoms with Gasteiger partial charge in [0.05, 0.1) is 25.2 Å². The van der Waals surface area contributed by atoms with Crippen LogP contribution in [0.15, 0.2) is 54.6 Å². The summed E-state index contributed by atoms with van der Waals surface area (Å²) >= 11 is 0. The van der Waals surface area contributed by atoms with Gasteiger partial charge in [-0.25, -0.2) is 4.39 Å². The van der Waals surface area contributed by atoms with Crippen molar-refractivity contribution in [1.82, 2.24) is 4.90 Å². The number of hydrogen-bond donors (Lipinski definition) is 1. The topological polar surface area (TPSA) is 49.8 Å². The summed E-state index contributed by atoms with van der Waals surface area (Å²) in [6.45, 7) is 2.79. The number of amides is 1. The van der Waals surface area contributed by atoms with Gasteiger partial charge in [0.2, 0.25) is 5.91 Å². The molecule has 5 heteroatoms. The van der Waals surface area contributed by atoms with E-state index in [9.17, 15) is 14.3 Å². The smallest absolute Gasteiger partial charge is 0.225 e. The number of benzene rings is 2. The first-order valence-corrected chi connectivity index (χ1v) is 8.44. The highest BCUT2D eigenvalue weighted by molar-refractivity contribution is 5.77. The van der Waals surface area contributed by atoms with Crippen molar-refractivity contribution >= 4 is 5.91 Å². The predicted octanol–water partition coefficient (Wildman–Crippen LogP) is 3.24. The van der Waals surface area contributed by atoms with E-state index in [1.807, 2.05) is 25.1 Å². The van der Waals surface area contributed by atoms with Gasteiger partial charge in [-0.15, -0.1) is 0 Å². The number of aliphatic hydroxyl groups is 1. The fraction of sp³-hybridized carbons (Fsp3) is 0.350. The van der Waals surface area contributed by atoms with Crippen molar-refractivity contribution in [2.24, 2.45) is 0 Å². The molecule has 0 bridgehead atoms. The minimum atomic E-state index is -0.823. The van der Waals surface area contributed by atoms with E-state index in [0.29, 0.717) is 13.1 Å². The molecule has 0 radical (unpaired) electrons. The molecule has 1 saturated heterocycles. The zero-order chi connectivity index (χ0) is 17.8. The summed E-state index contributed by atoms with van der Waals surface area (Å²) in [6.07, 6.45) is -1.20. The lowest BCUT2D eigenvalue weighted by atomic mass is 10.0. The summed E-state index contributed by atoms with van der Waals surface area (Å²) in [5, 5.41) is 10.3. The van der Waals surface area contributed by atoms with E-state index in [-0.39, 0.29) is 30.4 Å². The van der Waals surface area contributed by atoms with E-state index in [1.165, 1.54) is 12.1 Å². The highest BCUT2D eigenvalue weighted by Gasteiger charge is 2.30. The highest BCUT2D eigenvalue weighted by Crippen LogP contribution is 2.27. The normalized spacial score (nSPS) is 21.8. The molecule has 0 saturated carbocycles. The zero-order valence-corrected chi connectivity index (χ0v) is 14.1. The molecule has 3 atom stereocenters. The molecule has 1 fully saturated rings. The maximum absolute atomic E-state index is 13.1. The summed E-state index contributed by atoms with van der Waals surface area (Å²) in [5.41, 5.74) is 1.57. The van der Waals surface area contributed by atoms with Gasteiger partial charge >= 0.3 is 0 Å². The Hall–Kier alpha value is -2.24. The molecule has 0 aliphatic carbocycles. The quantitative estimate of drug-likeness (QED) is 0.927. The van der Waals surface area contributed by atoms with Gasteiger partial charge in [-0.1, -0.05) is 42.5 Å². The molecule has 3 rings (SSSR count). The number of aliphatic hydroxyl groups excluding tert-OH is 1. The summed E-state index contributed by atoms with van der Waals surface area (Å²) in [4.78, 5) is 14.3. The van der Waals surface area contributed by atoms with Crippen molar-refractivity contribution < 1.29 is 19.0 Å².